The number of carboxylic acids is 1. The first-order valence-corrected chi connectivity index (χ1v) is 6.68. The van der Waals surface area contributed by atoms with Crippen LogP contribution in [-0.2, 0) is 11.3 Å². The molecule has 0 aromatic heterocycles. The molecule has 1 aromatic rings. The van der Waals surface area contributed by atoms with Gasteiger partial charge in [0.2, 0.25) is 0 Å². The molecule has 0 saturated carbocycles. The molecule has 0 bridgehead atoms. The fourth-order valence-corrected chi connectivity index (χ4v) is 2.67. The maximum Gasteiger partial charge on any atom is 0.310 e. The summed E-state index contributed by atoms with van der Waals surface area (Å²) in [6.07, 6.45) is 1.53. The van der Waals surface area contributed by atoms with Crippen molar-refractivity contribution in [1.82, 2.24) is 4.90 Å². The highest BCUT2D eigenvalue weighted by atomic mass is 35.5. The average molecular weight is 286 g/mol. The number of hydrogen-bond acceptors (Lipinski definition) is 2. The molecule has 1 aromatic carbocycles. The van der Waals surface area contributed by atoms with E-state index < -0.39 is 17.2 Å². The number of halogens is 2. The van der Waals surface area contributed by atoms with Gasteiger partial charge in [-0.1, -0.05) is 17.7 Å². The summed E-state index contributed by atoms with van der Waals surface area (Å²) in [5.41, 5.74) is 0.111. The van der Waals surface area contributed by atoms with E-state index in [1.807, 2.05) is 0 Å². The molecule has 104 valence electrons. The molecule has 19 heavy (non-hydrogen) atoms. The third-order valence-electron chi connectivity index (χ3n) is 3.68. The van der Waals surface area contributed by atoms with Crippen molar-refractivity contribution in [3.63, 3.8) is 0 Å². The van der Waals surface area contributed by atoms with Gasteiger partial charge in [-0.15, -0.1) is 0 Å². The van der Waals surface area contributed by atoms with Gasteiger partial charge in [0.05, 0.1) is 10.4 Å². The Morgan fingerprint density at radius 2 is 2.32 bits per heavy atom. The summed E-state index contributed by atoms with van der Waals surface area (Å²) in [4.78, 5) is 13.3. The van der Waals surface area contributed by atoms with Gasteiger partial charge in [0, 0.05) is 13.1 Å². The van der Waals surface area contributed by atoms with E-state index in [-0.39, 0.29) is 5.02 Å². The van der Waals surface area contributed by atoms with Crippen LogP contribution >= 0.6 is 11.6 Å². The zero-order valence-electron chi connectivity index (χ0n) is 10.8. The van der Waals surface area contributed by atoms with Crippen LogP contribution in [-0.4, -0.2) is 29.1 Å². The van der Waals surface area contributed by atoms with Crippen LogP contribution < -0.4 is 0 Å². The van der Waals surface area contributed by atoms with Gasteiger partial charge in [-0.25, -0.2) is 4.39 Å². The third kappa shape index (κ3) is 3.25. The molecule has 0 amide bonds. The summed E-state index contributed by atoms with van der Waals surface area (Å²) in [5.74, 6) is -1.20. The number of carbonyl (C=O) groups is 1. The lowest BCUT2D eigenvalue weighted by molar-refractivity contribution is -0.151. The van der Waals surface area contributed by atoms with Gasteiger partial charge in [-0.05, 0) is 44.0 Å². The van der Waals surface area contributed by atoms with Gasteiger partial charge in [0.1, 0.15) is 5.82 Å². The largest absolute Gasteiger partial charge is 0.481 e. The van der Waals surface area contributed by atoms with E-state index in [9.17, 15) is 14.3 Å². The highest BCUT2D eigenvalue weighted by Gasteiger charge is 2.37. The highest BCUT2D eigenvalue weighted by molar-refractivity contribution is 6.30. The second-order valence-corrected chi connectivity index (χ2v) is 5.84. The number of piperidine rings is 1. The molecular formula is C14H17ClFNO2. The summed E-state index contributed by atoms with van der Waals surface area (Å²) < 4.78 is 13.4. The minimum absolute atomic E-state index is 0.109. The van der Waals surface area contributed by atoms with Crippen molar-refractivity contribution in [2.24, 2.45) is 5.41 Å². The van der Waals surface area contributed by atoms with E-state index in [2.05, 4.69) is 4.90 Å². The second kappa shape index (κ2) is 5.47. The predicted octanol–water partition coefficient (Wildman–Crippen LogP) is 3.17. The minimum atomic E-state index is -0.764. The number of likely N-dealkylation sites (tertiary alicyclic amines) is 1. The lowest BCUT2D eigenvalue weighted by Gasteiger charge is -2.37. The van der Waals surface area contributed by atoms with E-state index in [1.165, 1.54) is 12.1 Å². The van der Waals surface area contributed by atoms with Crippen molar-refractivity contribution in [1.29, 1.82) is 0 Å². The summed E-state index contributed by atoms with van der Waals surface area (Å²) in [7, 11) is 0. The number of nitrogens with zero attached hydrogens (tertiary/aromatic N) is 1. The average Bonchev–Trinajstić information content (AvgIpc) is 2.34. The summed E-state index contributed by atoms with van der Waals surface area (Å²) in [6.45, 7) is 3.65. The smallest absolute Gasteiger partial charge is 0.310 e. The SMILES string of the molecule is CC1(C(=O)O)CCCN(Cc2ccc(Cl)c(F)c2)C1. The van der Waals surface area contributed by atoms with Crippen LogP contribution in [0.25, 0.3) is 0 Å². The number of aliphatic carboxylic acids is 1. The molecule has 1 heterocycles. The second-order valence-electron chi connectivity index (χ2n) is 5.43. The van der Waals surface area contributed by atoms with Crippen molar-refractivity contribution in [3.05, 3.63) is 34.6 Å². The third-order valence-corrected chi connectivity index (χ3v) is 3.99. The Morgan fingerprint density at radius 3 is 2.95 bits per heavy atom. The normalized spacial score (nSPS) is 24.4. The minimum Gasteiger partial charge on any atom is -0.481 e. The van der Waals surface area contributed by atoms with E-state index in [1.54, 1.807) is 13.0 Å². The maximum absolute atomic E-state index is 13.4. The standard InChI is InChI=1S/C14H17ClFNO2/c1-14(13(18)19)5-2-6-17(9-14)8-10-3-4-11(15)12(16)7-10/h3-4,7H,2,5-6,8-9H2,1H3,(H,18,19). The molecule has 1 atom stereocenters. The zero-order valence-corrected chi connectivity index (χ0v) is 11.6. The number of rotatable bonds is 3. The van der Waals surface area contributed by atoms with Gasteiger partial charge in [-0.2, -0.15) is 0 Å². The van der Waals surface area contributed by atoms with Crippen LogP contribution in [0.15, 0.2) is 18.2 Å². The Hall–Kier alpha value is -1.13. The summed E-state index contributed by atoms with van der Waals surface area (Å²) in [6, 6.07) is 4.72. The first-order valence-electron chi connectivity index (χ1n) is 6.30. The molecule has 1 unspecified atom stereocenters. The highest BCUT2D eigenvalue weighted by Crippen LogP contribution is 2.30. The predicted molar refractivity (Wildman–Crippen MR) is 71.7 cm³/mol. The zero-order chi connectivity index (χ0) is 14.0. The fourth-order valence-electron chi connectivity index (χ4n) is 2.55. The first kappa shape index (κ1) is 14.3. The molecule has 0 spiro atoms. The number of benzene rings is 1. The van der Waals surface area contributed by atoms with Crippen LogP contribution in [0.1, 0.15) is 25.3 Å². The van der Waals surface area contributed by atoms with E-state index in [0.717, 1.165) is 18.5 Å². The number of carboxylic acid groups (broad SMARTS) is 1. The molecule has 0 radical (unpaired) electrons. The molecule has 5 heteroatoms. The monoisotopic (exact) mass is 285 g/mol. The molecule has 2 rings (SSSR count). The molecule has 1 N–H and O–H groups in total. The molecule has 1 aliphatic rings. The molecule has 3 nitrogen and oxygen atoms in total. The van der Waals surface area contributed by atoms with Gasteiger partial charge in [-0.3, -0.25) is 9.69 Å². The lowest BCUT2D eigenvalue weighted by atomic mass is 9.82. The van der Waals surface area contributed by atoms with E-state index in [0.29, 0.717) is 19.5 Å². The van der Waals surface area contributed by atoms with Crippen LogP contribution in [0.2, 0.25) is 5.02 Å². The van der Waals surface area contributed by atoms with Crippen molar-refractivity contribution >= 4 is 17.6 Å². The van der Waals surface area contributed by atoms with Gasteiger partial charge >= 0.3 is 5.97 Å². The van der Waals surface area contributed by atoms with Gasteiger partial charge in [0.25, 0.3) is 0 Å². The van der Waals surface area contributed by atoms with Gasteiger partial charge < -0.3 is 5.11 Å². The first-order chi connectivity index (χ1) is 8.90. The fraction of sp³-hybridized carbons (Fsp3) is 0.500. The summed E-state index contributed by atoms with van der Waals surface area (Å²) >= 11 is 5.64. The van der Waals surface area contributed by atoms with Crippen LogP contribution in [0.3, 0.4) is 0 Å². The Bertz CT molecular complexity index is 494. The Labute approximate surface area is 117 Å². The Balaban J connectivity index is 2.06. The molecule has 0 aliphatic carbocycles. The lowest BCUT2D eigenvalue weighted by Crippen LogP contribution is -2.45. The van der Waals surface area contributed by atoms with Crippen LogP contribution in [0, 0.1) is 11.2 Å². The molecule has 1 aliphatic heterocycles. The van der Waals surface area contributed by atoms with Crippen molar-refractivity contribution in [2.45, 2.75) is 26.3 Å². The van der Waals surface area contributed by atoms with Crippen LogP contribution in [0.5, 0.6) is 0 Å². The molecule has 1 fully saturated rings. The van der Waals surface area contributed by atoms with Crippen molar-refractivity contribution in [3.8, 4) is 0 Å². The van der Waals surface area contributed by atoms with Crippen molar-refractivity contribution in [2.75, 3.05) is 13.1 Å². The maximum atomic E-state index is 13.4. The molecular weight excluding hydrogens is 269 g/mol. The number of hydrogen-bond donors (Lipinski definition) is 1. The van der Waals surface area contributed by atoms with Crippen molar-refractivity contribution < 1.29 is 14.3 Å². The molecule has 1 saturated heterocycles. The Morgan fingerprint density at radius 1 is 1.58 bits per heavy atom. The van der Waals surface area contributed by atoms with Gasteiger partial charge in [0.15, 0.2) is 0 Å². The summed E-state index contributed by atoms with van der Waals surface area (Å²) in [5, 5.41) is 9.37. The van der Waals surface area contributed by atoms with E-state index >= 15 is 0 Å². The quantitative estimate of drug-likeness (QED) is 0.927. The Kier molecular flexibility index (Phi) is 4.11. The topological polar surface area (TPSA) is 40.5 Å². The van der Waals surface area contributed by atoms with E-state index in [4.69, 9.17) is 11.6 Å². The van der Waals surface area contributed by atoms with Crippen LogP contribution in [0.4, 0.5) is 4.39 Å².